The highest BCUT2D eigenvalue weighted by Crippen LogP contribution is 2.02. The molecule has 0 aromatic heterocycles. The number of unbranched alkanes of at least 4 members (excludes halogenated alkanes) is 2. The number of hydrogen-bond donors (Lipinski definition) is 0. The van der Waals surface area contributed by atoms with Gasteiger partial charge in [-0.25, -0.2) is 0 Å². The third-order valence-corrected chi connectivity index (χ3v) is 3.18. The molecule has 0 saturated heterocycles. The summed E-state index contributed by atoms with van der Waals surface area (Å²) in [5.41, 5.74) is 0. The van der Waals surface area contributed by atoms with Crippen molar-refractivity contribution >= 4 is 6.29 Å². The van der Waals surface area contributed by atoms with Gasteiger partial charge in [-0.15, -0.1) is 11.8 Å². The molecule has 0 bridgehead atoms. The molecule has 0 aromatic rings. The lowest BCUT2D eigenvalue weighted by Crippen LogP contribution is -1.85. The Morgan fingerprint density at radius 1 is 0.833 bits per heavy atom. The predicted molar refractivity (Wildman–Crippen MR) is 107 cm³/mol. The van der Waals surface area contributed by atoms with E-state index in [0.717, 1.165) is 38.4 Å². The zero-order chi connectivity index (χ0) is 17.7. The Morgan fingerprint density at radius 3 is 2.29 bits per heavy atom. The van der Waals surface area contributed by atoms with Gasteiger partial charge in [-0.05, 0) is 31.6 Å². The molecule has 0 aliphatic heterocycles. The van der Waals surface area contributed by atoms with Crippen LogP contribution in [0, 0.1) is 17.8 Å². The Kier molecular flexibility index (Phi) is 17.3. The van der Waals surface area contributed by atoms with Crippen LogP contribution in [0.3, 0.4) is 0 Å². The lowest BCUT2D eigenvalue weighted by molar-refractivity contribution is -0.107. The molecule has 0 aliphatic rings. The molecule has 24 heavy (non-hydrogen) atoms. The first-order valence-electron chi connectivity index (χ1n) is 9.00. The van der Waals surface area contributed by atoms with Crippen LogP contribution in [0.25, 0.3) is 0 Å². The number of carbonyl (C=O) groups is 1. The summed E-state index contributed by atoms with van der Waals surface area (Å²) in [4.78, 5) is 10.2. The second-order valence-electron chi connectivity index (χ2n) is 5.60. The second kappa shape index (κ2) is 19.0. The van der Waals surface area contributed by atoms with Crippen LogP contribution in [0.15, 0.2) is 60.8 Å². The average Bonchev–Trinajstić information content (AvgIpc) is 2.59. The van der Waals surface area contributed by atoms with Crippen molar-refractivity contribution in [3.05, 3.63) is 60.8 Å². The summed E-state index contributed by atoms with van der Waals surface area (Å²) in [6.45, 7) is 4.31. The Labute approximate surface area is 148 Å². The standard InChI is InChI=1S/C23H32O/c1-3-4-5-6-7-8-9-10-11-12-13-14-17-20-23(2)21-18-15-16-19-22-24/h4-5,8-11,13-14,17,20,22-23H,3,6-7,12,16,19,21H2,1-2H3/b5-4-,9-8+,11-10-,14-13-,20-17+. The molecule has 0 heterocycles. The monoisotopic (exact) mass is 324 g/mol. The minimum absolute atomic E-state index is 0.443. The van der Waals surface area contributed by atoms with E-state index in [1.54, 1.807) is 0 Å². The van der Waals surface area contributed by atoms with Gasteiger partial charge in [0, 0.05) is 19.3 Å². The third-order valence-electron chi connectivity index (χ3n) is 3.18. The van der Waals surface area contributed by atoms with Crippen LogP contribution < -0.4 is 0 Å². The van der Waals surface area contributed by atoms with E-state index in [1.807, 2.05) is 0 Å². The first-order chi connectivity index (χ1) is 11.8. The van der Waals surface area contributed by atoms with Crippen molar-refractivity contribution in [2.24, 2.45) is 5.92 Å². The van der Waals surface area contributed by atoms with E-state index >= 15 is 0 Å². The van der Waals surface area contributed by atoms with Crippen molar-refractivity contribution in [1.82, 2.24) is 0 Å². The fourth-order valence-corrected chi connectivity index (χ4v) is 1.82. The summed E-state index contributed by atoms with van der Waals surface area (Å²) in [6, 6.07) is 0. The van der Waals surface area contributed by atoms with Gasteiger partial charge < -0.3 is 4.79 Å². The predicted octanol–water partition coefficient (Wildman–Crippen LogP) is 6.36. The molecule has 0 spiro atoms. The molecule has 130 valence electrons. The van der Waals surface area contributed by atoms with Gasteiger partial charge in [-0.2, -0.15) is 0 Å². The minimum atomic E-state index is 0.443. The quantitative estimate of drug-likeness (QED) is 0.134. The van der Waals surface area contributed by atoms with Crippen molar-refractivity contribution in [2.45, 2.75) is 58.8 Å². The molecule has 0 amide bonds. The highest BCUT2D eigenvalue weighted by molar-refractivity contribution is 5.49. The molecular weight excluding hydrogens is 292 g/mol. The number of allylic oxidation sites excluding steroid dienone is 10. The highest BCUT2D eigenvalue weighted by atomic mass is 16.1. The van der Waals surface area contributed by atoms with Crippen LogP contribution in [-0.4, -0.2) is 6.29 Å². The Balaban J connectivity index is 3.73. The zero-order valence-corrected chi connectivity index (χ0v) is 15.3. The Bertz CT molecular complexity index is 492. The highest BCUT2D eigenvalue weighted by Gasteiger charge is 1.90. The van der Waals surface area contributed by atoms with Gasteiger partial charge in [-0.3, -0.25) is 0 Å². The number of hydrogen-bond acceptors (Lipinski definition) is 1. The topological polar surface area (TPSA) is 17.1 Å². The van der Waals surface area contributed by atoms with Crippen LogP contribution in [0.5, 0.6) is 0 Å². The third kappa shape index (κ3) is 18.0. The van der Waals surface area contributed by atoms with Gasteiger partial charge in [0.1, 0.15) is 6.29 Å². The molecule has 0 aromatic carbocycles. The molecule has 1 atom stereocenters. The first kappa shape index (κ1) is 21.9. The minimum Gasteiger partial charge on any atom is -0.303 e. The van der Waals surface area contributed by atoms with E-state index < -0.39 is 0 Å². The largest absolute Gasteiger partial charge is 0.303 e. The molecule has 1 nitrogen and oxygen atoms in total. The molecule has 0 rings (SSSR count). The first-order valence-corrected chi connectivity index (χ1v) is 9.00. The van der Waals surface area contributed by atoms with Gasteiger partial charge in [0.05, 0.1) is 0 Å². The summed E-state index contributed by atoms with van der Waals surface area (Å²) in [5, 5.41) is 0. The normalized spacial score (nSPS) is 13.4. The van der Waals surface area contributed by atoms with Crippen LogP contribution in [0.2, 0.25) is 0 Å². The average molecular weight is 325 g/mol. The van der Waals surface area contributed by atoms with Gasteiger partial charge in [-0.1, -0.05) is 74.6 Å². The molecule has 0 saturated carbocycles. The Hall–Kier alpha value is -2.07. The summed E-state index contributed by atoms with van der Waals surface area (Å²) in [6.07, 6.45) is 28.8. The van der Waals surface area contributed by atoms with E-state index in [1.165, 1.54) is 0 Å². The SMILES string of the molecule is CC/C=C\CC/C=C/C=C\C/C=C\C=C\C(C)CC#CCCC=O. The van der Waals surface area contributed by atoms with E-state index in [4.69, 9.17) is 0 Å². The lowest BCUT2D eigenvalue weighted by atomic mass is 10.1. The number of aldehydes is 1. The molecule has 0 radical (unpaired) electrons. The van der Waals surface area contributed by atoms with Gasteiger partial charge in [0.2, 0.25) is 0 Å². The van der Waals surface area contributed by atoms with Crippen LogP contribution in [0.1, 0.15) is 58.8 Å². The van der Waals surface area contributed by atoms with E-state index in [0.29, 0.717) is 18.8 Å². The fourth-order valence-electron chi connectivity index (χ4n) is 1.82. The number of rotatable bonds is 12. The smallest absolute Gasteiger partial charge is 0.120 e. The lowest BCUT2D eigenvalue weighted by Gasteiger charge is -1.97. The van der Waals surface area contributed by atoms with Crippen LogP contribution in [0.4, 0.5) is 0 Å². The maximum Gasteiger partial charge on any atom is 0.120 e. The van der Waals surface area contributed by atoms with Gasteiger partial charge >= 0.3 is 0 Å². The summed E-state index contributed by atoms with van der Waals surface area (Å²) in [5.74, 6) is 6.57. The van der Waals surface area contributed by atoms with Crippen molar-refractivity contribution in [3.8, 4) is 11.8 Å². The van der Waals surface area contributed by atoms with Crippen molar-refractivity contribution in [3.63, 3.8) is 0 Å². The second-order valence-corrected chi connectivity index (χ2v) is 5.60. The van der Waals surface area contributed by atoms with Crippen LogP contribution >= 0.6 is 0 Å². The summed E-state index contributed by atoms with van der Waals surface area (Å²) >= 11 is 0. The van der Waals surface area contributed by atoms with Gasteiger partial charge in [0.25, 0.3) is 0 Å². The summed E-state index contributed by atoms with van der Waals surface area (Å²) < 4.78 is 0. The van der Waals surface area contributed by atoms with Gasteiger partial charge in [0.15, 0.2) is 0 Å². The van der Waals surface area contributed by atoms with Crippen LogP contribution in [-0.2, 0) is 4.79 Å². The molecule has 1 heteroatoms. The van der Waals surface area contributed by atoms with Crippen molar-refractivity contribution in [1.29, 1.82) is 0 Å². The maximum atomic E-state index is 10.2. The fraction of sp³-hybridized carbons (Fsp3) is 0.435. The van der Waals surface area contributed by atoms with Crippen molar-refractivity contribution < 1.29 is 4.79 Å². The van der Waals surface area contributed by atoms with Crippen molar-refractivity contribution in [2.75, 3.05) is 0 Å². The van der Waals surface area contributed by atoms with E-state index in [-0.39, 0.29) is 0 Å². The molecule has 1 unspecified atom stereocenters. The number of carbonyl (C=O) groups excluding carboxylic acids is 1. The zero-order valence-electron chi connectivity index (χ0n) is 15.3. The maximum absolute atomic E-state index is 10.2. The molecule has 0 N–H and O–H groups in total. The molecule has 0 aliphatic carbocycles. The van der Waals surface area contributed by atoms with E-state index in [9.17, 15) is 4.79 Å². The summed E-state index contributed by atoms with van der Waals surface area (Å²) in [7, 11) is 0. The Morgan fingerprint density at radius 2 is 1.54 bits per heavy atom. The molecule has 0 fully saturated rings. The molecular formula is C23H32O. The van der Waals surface area contributed by atoms with E-state index in [2.05, 4.69) is 86.4 Å².